The normalized spacial score (nSPS) is 13.8. The molecule has 61 heavy (non-hydrogen) atoms. The van der Waals surface area contributed by atoms with Crippen LogP contribution in [0.25, 0.3) is 10.8 Å². The Hall–Kier alpha value is -6.10. The number of sulfonamides is 1. The molecule has 0 radical (unpaired) electrons. The molecule has 0 saturated carbocycles. The van der Waals surface area contributed by atoms with Crippen molar-refractivity contribution in [2.24, 2.45) is 0 Å². The van der Waals surface area contributed by atoms with Gasteiger partial charge in [0.2, 0.25) is 10.0 Å². The summed E-state index contributed by atoms with van der Waals surface area (Å²) in [5.41, 5.74) is 2.61. The molecule has 2 heterocycles. The number of anilines is 5. The second-order valence-electron chi connectivity index (χ2n) is 15.8. The fourth-order valence-corrected chi connectivity index (χ4v) is 7.60. The molecular formula is C45H56N8O7S. The fraction of sp³-hybridized carbons (Fsp3) is 0.356. The van der Waals surface area contributed by atoms with E-state index in [9.17, 15) is 18.0 Å². The molecule has 1 aliphatic rings. The highest BCUT2D eigenvalue weighted by atomic mass is 32.2. The van der Waals surface area contributed by atoms with Crippen molar-refractivity contribution >= 4 is 61.3 Å². The van der Waals surface area contributed by atoms with Gasteiger partial charge in [0.25, 0.3) is 5.91 Å². The Bertz CT molecular complexity index is 2480. The number of hydrogen-bond acceptors (Lipinski definition) is 11. The van der Waals surface area contributed by atoms with Crippen LogP contribution in [0.5, 0.6) is 23.0 Å². The Morgan fingerprint density at radius 3 is 2.33 bits per heavy atom. The molecule has 1 aliphatic heterocycles. The van der Waals surface area contributed by atoms with Gasteiger partial charge in [0.15, 0.2) is 5.75 Å². The van der Waals surface area contributed by atoms with Crippen LogP contribution in [0, 0.1) is 0 Å². The molecule has 0 aliphatic carbocycles. The lowest BCUT2D eigenvalue weighted by molar-refractivity contribution is 0.0948. The van der Waals surface area contributed by atoms with Crippen molar-refractivity contribution in [2.75, 3.05) is 87.5 Å². The van der Waals surface area contributed by atoms with Crippen LogP contribution in [0.4, 0.5) is 33.4 Å². The van der Waals surface area contributed by atoms with Crippen LogP contribution < -0.4 is 40.2 Å². The second kappa shape index (κ2) is 19.5. The third-order valence-corrected chi connectivity index (χ3v) is 11.4. The Kier molecular flexibility index (Phi) is 14.2. The van der Waals surface area contributed by atoms with Crippen LogP contribution in [-0.2, 0) is 15.4 Å². The molecule has 0 spiro atoms. The van der Waals surface area contributed by atoms with Gasteiger partial charge in [0.1, 0.15) is 23.1 Å². The molecule has 3 amide bonds. The molecule has 16 heteroatoms. The van der Waals surface area contributed by atoms with Crippen LogP contribution in [0.2, 0.25) is 0 Å². The maximum absolute atomic E-state index is 13.6. The number of nitrogens with zero attached hydrogens (tertiary/aromatic N) is 3. The average Bonchev–Trinajstić information content (AvgIpc) is 3.44. The Morgan fingerprint density at radius 1 is 0.836 bits per heavy atom. The molecular weight excluding hydrogens is 797 g/mol. The first-order chi connectivity index (χ1) is 29.1. The standard InChI is InChI=1S/C45H56N8O7S/c1-8-45(2,3)31-26-38(42(59-6)39(27-31)51-61(7,56)57)50-44(55)49-37-14-15-40(36-13-10-9-12-35(36)37)60-33-16-17-46-41(29-33)48-32-24-30(25-34(28-32)58-5)43(54)47-18-21-53-20-11-19-52(4)22-23-53/h9-10,12-17,24-29,51H,8,11,18-23H2,1-7H3,(H,46,48)(H,47,54)(H2,49,50,55). The largest absolute Gasteiger partial charge is 0.497 e. The molecule has 5 N–H and O–H groups in total. The van der Waals surface area contributed by atoms with E-state index in [1.54, 1.807) is 67.9 Å². The lowest BCUT2D eigenvalue weighted by Crippen LogP contribution is -2.36. The fourth-order valence-electron chi connectivity index (χ4n) is 7.05. The van der Waals surface area contributed by atoms with Gasteiger partial charge in [0.05, 0.1) is 37.5 Å². The second-order valence-corrected chi connectivity index (χ2v) is 17.5. The zero-order valence-electron chi connectivity index (χ0n) is 35.8. The summed E-state index contributed by atoms with van der Waals surface area (Å²) in [6.45, 7) is 11.5. The van der Waals surface area contributed by atoms with Crippen molar-refractivity contribution in [1.29, 1.82) is 0 Å². The molecule has 0 bridgehead atoms. The molecule has 6 rings (SSSR count). The summed E-state index contributed by atoms with van der Waals surface area (Å²) in [4.78, 5) is 36.0. The van der Waals surface area contributed by atoms with Gasteiger partial charge in [-0.05, 0) is 86.4 Å². The third-order valence-electron chi connectivity index (χ3n) is 10.8. The quantitative estimate of drug-likeness (QED) is 0.0654. The third kappa shape index (κ3) is 11.8. The number of likely N-dealkylation sites (N-methyl/N-ethyl adjacent to an activating group) is 1. The first-order valence-electron chi connectivity index (χ1n) is 20.2. The van der Waals surface area contributed by atoms with E-state index in [4.69, 9.17) is 14.2 Å². The zero-order valence-corrected chi connectivity index (χ0v) is 36.7. The Labute approximate surface area is 358 Å². The van der Waals surface area contributed by atoms with Crippen LogP contribution >= 0.6 is 0 Å². The number of amides is 3. The number of benzene rings is 4. The highest BCUT2D eigenvalue weighted by Crippen LogP contribution is 2.41. The van der Waals surface area contributed by atoms with Crippen LogP contribution in [0.1, 0.15) is 49.5 Å². The van der Waals surface area contributed by atoms with Crippen LogP contribution in [-0.4, -0.2) is 102 Å². The van der Waals surface area contributed by atoms with E-state index in [1.807, 2.05) is 45.0 Å². The van der Waals surface area contributed by atoms with Gasteiger partial charge in [-0.25, -0.2) is 18.2 Å². The number of nitrogens with one attached hydrogen (secondary N) is 5. The van der Waals surface area contributed by atoms with Crippen molar-refractivity contribution < 1.29 is 32.2 Å². The number of aromatic nitrogens is 1. The molecule has 0 atom stereocenters. The van der Waals surface area contributed by atoms with Gasteiger partial charge in [0, 0.05) is 66.5 Å². The Balaban J connectivity index is 1.16. The summed E-state index contributed by atoms with van der Waals surface area (Å²) < 4.78 is 44.6. The van der Waals surface area contributed by atoms with E-state index < -0.39 is 16.1 Å². The highest BCUT2D eigenvalue weighted by Gasteiger charge is 2.25. The summed E-state index contributed by atoms with van der Waals surface area (Å²) in [6.07, 6.45) is 4.56. The predicted octanol–water partition coefficient (Wildman–Crippen LogP) is 7.86. The summed E-state index contributed by atoms with van der Waals surface area (Å²) in [7, 11) is 1.46. The number of hydrogen-bond donors (Lipinski definition) is 5. The van der Waals surface area contributed by atoms with Gasteiger partial charge < -0.3 is 45.3 Å². The SMILES string of the molecule is CCC(C)(C)c1cc(NC(=O)Nc2ccc(Oc3ccnc(Nc4cc(OC)cc(C(=O)NCCN5CCCN(C)CC5)c4)c3)c3ccccc23)c(OC)c(NS(C)(=O)=O)c1. The van der Waals surface area contributed by atoms with Crippen molar-refractivity contribution in [3.8, 4) is 23.0 Å². The van der Waals surface area contributed by atoms with Gasteiger partial charge in [-0.1, -0.05) is 45.0 Å². The lowest BCUT2D eigenvalue weighted by atomic mass is 9.82. The average molecular weight is 853 g/mol. The number of ether oxygens (including phenoxy) is 3. The molecule has 15 nitrogen and oxygen atoms in total. The minimum absolute atomic E-state index is 0.177. The molecule has 5 aromatic rings. The summed E-state index contributed by atoms with van der Waals surface area (Å²) in [5, 5.41) is 13.6. The number of carbonyl (C=O) groups is 2. The number of rotatable bonds is 16. The van der Waals surface area contributed by atoms with Crippen molar-refractivity contribution in [3.63, 3.8) is 0 Å². The van der Waals surface area contributed by atoms with E-state index in [1.165, 1.54) is 7.11 Å². The summed E-state index contributed by atoms with van der Waals surface area (Å²) >= 11 is 0. The Morgan fingerprint density at radius 2 is 1.59 bits per heavy atom. The summed E-state index contributed by atoms with van der Waals surface area (Å²) in [6, 6.07) is 22.7. The smallest absolute Gasteiger partial charge is 0.323 e. The molecule has 1 fully saturated rings. The monoisotopic (exact) mass is 852 g/mol. The topological polar surface area (TPSA) is 175 Å². The van der Waals surface area contributed by atoms with E-state index in [0.717, 1.165) is 68.2 Å². The molecule has 324 valence electrons. The number of pyridine rings is 1. The zero-order chi connectivity index (χ0) is 43.7. The predicted molar refractivity (Wildman–Crippen MR) is 243 cm³/mol. The number of fused-ring (bicyclic) bond motifs is 1. The molecule has 4 aromatic carbocycles. The van der Waals surface area contributed by atoms with Gasteiger partial charge >= 0.3 is 6.03 Å². The first kappa shape index (κ1) is 44.5. The van der Waals surface area contributed by atoms with E-state index in [0.29, 0.717) is 52.2 Å². The van der Waals surface area contributed by atoms with E-state index in [-0.39, 0.29) is 22.8 Å². The van der Waals surface area contributed by atoms with Crippen LogP contribution in [0.3, 0.4) is 0 Å². The van der Waals surface area contributed by atoms with Crippen molar-refractivity contribution in [1.82, 2.24) is 20.1 Å². The van der Waals surface area contributed by atoms with E-state index in [2.05, 4.69) is 47.8 Å². The molecule has 0 unspecified atom stereocenters. The maximum atomic E-state index is 13.6. The maximum Gasteiger partial charge on any atom is 0.323 e. The van der Waals surface area contributed by atoms with E-state index >= 15 is 0 Å². The molecule has 1 saturated heterocycles. The number of carbonyl (C=O) groups excluding carboxylic acids is 2. The minimum atomic E-state index is -3.65. The number of methoxy groups -OCH3 is 2. The van der Waals surface area contributed by atoms with Crippen LogP contribution in [0.15, 0.2) is 85.1 Å². The number of urea groups is 1. The highest BCUT2D eigenvalue weighted by molar-refractivity contribution is 7.92. The minimum Gasteiger partial charge on any atom is -0.497 e. The summed E-state index contributed by atoms with van der Waals surface area (Å²) in [5.74, 6) is 2.03. The van der Waals surface area contributed by atoms with Gasteiger partial charge in [-0.15, -0.1) is 0 Å². The molecule has 1 aromatic heterocycles. The first-order valence-corrected chi connectivity index (χ1v) is 22.1. The van der Waals surface area contributed by atoms with Gasteiger partial charge in [-0.3, -0.25) is 9.52 Å². The van der Waals surface area contributed by atoms with Crippen molar-refractivity contribution in [2.45, 2.75) is 39.0 Å². The van der Waals surface area contributed by atoms with Gasteiger partial charge in [-0.2, -0.15) is 0 Å². The lowest BCUT2D eigenvalue weighted by Gasteiger charge is -2.26. The van der Waals surface area contributed by atoms with Crippen molar-refractivity contribution in [3.05, 3.63) is 96.2 Å².